The van der Waals surface area contributed by atoms with Crippen LogP contribution in [-0.4, -0.2) is 50.8 Å². The number of benzene rings is 2. The largest absolute Gasteiger partial charge is 0.383 e. The highest BCUT2D eigenvalue weighted by Gasteiger charge is 2.19. The maximum Gasteiger partial charge on any atom is 0.225 e. The summed E-state index contributed by atoms with van der Waals surface area (Å²) in [6.07, 6.45) is 2.50. The van der Waals surface area contributed by atoms with Crippen molar-refractivity contribution >= 4 is 22.8 Å². The van der Waals surface area contributed by atoms with Crippen LogP contribution in [0, 0.1) is 5.82 Å². The number of fused-ring (bicyclic) bond motifs is 1. The molecule has 158 valence electrons. The van der Waals surface area contributed by atoms with E-state index in [4.69, 9.17) is 10.7 Å². The van der Waals surface area contributed by atoms with Crippen molar-refractivity contribution in [2.75, 3.05) is 37.2 Å². The van der Waals surface area contributed by atoms with Crippen molar-refractivity contribution in [2.24, 2.45) is 0 Å². The third-order valence-electron chi connectivity index (χ3n) is 5.58. The molecule has 0 spiro atoms. The fraction of sp³-hybridized carbons (Fsp3) is 0.261. The van der Waals surface area contributed by atoms with Gasteiger partial charge in [-0.1, -0.05) is 30.3 Å². The van der Waals surface area contributed by atoms with Crippen molar-refractivity contribution in [1.82, 2.24) is 24.6 Å². The molecule has 0 aliphatic carbocycles. The maximum atomic E-state index is 14.0. The van der Waals surface area contributed by atoms with Gasteiger partial charge in [0.15, 0.2) is 5.65 Å². The van der Waals surface area contributed by atoms with Crippen LogP contribution in [0.25, 0.3) is 28.0 Å². The van der Waals surface area contributed by atoms with Crippen LogP contribution in [-0.2, 0) is 0 Å². The second-order valence-corrected chi connectivity index (χ2v) is 7.71. The number of nitrogens with one attached hydrogen (secondary N) is 1. The van der Waals surface area contributed by atoms with E-state index >= 15 is 0 Å². The molecule has 1 aliphatic rings. The summed E-state index contributed by atoms with van der Waals surface area (Å²) < 4.78 is 15.6. The van der Waals surface area contributed by atoms with E-state index < -0.39 is 0 Å². The first-order chi connectivity index (χ1) is 15.2. The van der Waals surface area contributed by atoms with Crippen LogP contribution in [0.15, 0.2) is 54.6 Å². The Bertz CT molecular complexity index is 1200. The van der Waals surface area contributed by atoms with E-state index in [-0.39, 0.29) is 5.82 Å². The summed E-state index contributed by atoms with van der Waals surface area (Å²) in [6.45, 7) is 3.92. The lowest BCUT2D eigenvalue weighted by atomic mass is 10.1. The van der Waals surface area contributed by atoms with Gasteiger partial charge in [-0.2, -0.15) is 4.98 Å². The van der Waals surface area contributed by atoms with Gasteiger partial charge in [-0.15, -0.1) is 5.10 Å². The molecule has 0 unspecified atom stereocenters. The van der Waals surface area contributed by atoms with Gasteiger partial charge in [-0.3, -0.25) is 0 Å². The molecule has 1 aliphatic heterocycles. The van der Waals surface area contributed by atoms with Gasteiger partial charge < -0.3 is 16.0 Å². The number of likely N-dealkylation sites (tertiary alicyclic amines) is 1. The Labute approximate surface area is 179 Å². The number of nitrogens with two attached hydrogens (primary N) is 1. The predicted octanol–water partition coefficient (Wildman–Crippen LogP) is 3.71. The van der Waals surface area contributed by atoms with Crippen molar-refractivity contribution in [2.45, 2.75) is 12.8 Å². The van der Waals surface area contributed by atoms with E-state index in [1.165, 1.54) is 25.0 Å². The van der Waals surface area contributed by atoms with Crippen LogP contribution in [0.3, 0.4) is 0 Å². The van der Waals surface area contributed by atoms with Crippen molar-refractivity contribution in [3.8, 4) is 16.9 Å². The fourth-order valence-electron chi connectivity index (χ4n) is 4.03. The molecule has 0 atom stereocenters. The zero-order valence-corrected chi connectivity index (χ0v) is 17.1. The van der Waals surface area contributed by atoms with Gasteiger partial charge in [0.2, 0.25) is 5.95 Å². The highest BCUT2D eigenvalue weighted by atomic mass is 19.1. The van der Waals surface area contributed by atoms with E-state index in [1.807, 2.05) is 36.4 Å². The van der Waals surface area contributed by atoms with Crippen LogP contribution in [0.2, 0.25) is 0 Å². The molecule has 1 saturated heterocycles. The molecular weight excluding hydrogens is 393 g/mol. The molecule has 31 heavy (non-hydrogen) atoms. The first kappa shape index (κ1) is 19.4. The topological polar surface area (TPSA) is 84.9 Å². The van der Waals surface area contributed by atoms with E-state index in [9.17, 15) is 4.39 Å². The summed E-state index contributed by atoms with van der Waals surface area (Å²) >= 11 is 0. The average molecular weight is 417 g/mol. The van der Waals surface area contributed by atoms with Gasteiger partial charge in [0.1, 0.15) is 11.6 Å². The minimum Gasteiger partial charge on any atom is -0.383 e. The van der Waals surface area contributed by atoms with E-state index in [0.717, 1.165) is 31.9 Å². The molecule has 0 bridgehead atoms. The smallest absolute Gasteiger partial charge is 0.225 e. The van der Waals surface area contributed by atoms with Gasteiger partial charge in [0, 0.05) is 18.7 Å². The standard InChI is InChI=1S/C23H24FN7/c24-17-8-6-7-16(15-17)20-19-21(25)31(18-9-2-1-3-10-18)29-22(19)28-23(27-20)26-11-14-30-12-4-5-13-30/h1-3,6-10,15H,4-5,11-14,25H2,(H,26,28,29). The Morgan fingerprint density at radius 3 is 2.58 bits per heavy atom. The SMILES string of the molecule is Nc1c2c(-c3cccc(F)c3)nc(NCCN3CCCC3)nc2nn1-c1ccccc1. The zero-order valence-electron chi connectivity index (χ0n) is 17.1. The fourth-order valence-corrected chi connectivity index (χ4v) is 4.03. The third kappa shape index (κ3) is 3.94. The molecule has 2 aromatic carbocycles. The van der Waals surface area contributed by atoms with Crippen LogP contribution in [0.5, 0.6) is 0 Å². The second kappa shape index (κ2) is 8.31. The van der Waals surface area contributed by atoms with Crippen molar-refractivity contribution < 1.29 is 4.39 Å². The summed E-state index contributed by atoms with van der Waals surface area (Å²) in [7, 11) is 0. The zero-order chi connectivity index (χ0) is 21.2. The molecule has 3 heterocycles. The third-order valence-corrected chi connectivity index (χ3v) is 5.58. The lowest BCUT2D eigenvalue weighted by Crippen LogP contribution is -2.26. The summed E-state index contributed by atoms with van der Waals surface area (Å²) in [5.41, 5.74) is 8.97. The molecule has 0 amide bonds. The van der Waals surface area contributed by atoms with Crippen LogP contribution >= 0.6 is 0 Å². The van der Waals surface area contributed by atoms with Gasteiger partial charge >= 0.3 is 0 Å². The van der Waals surface area contributed by atoms with Crippen molar-refractivity contribution in [3.63, 3.8) is 0 Å². The second-order valence-electron chi connectivity index (χ2n) is 7.71. The van der Waals surface area contributed by atoms with Crippen LogP contribution in [0.4, 0.5) is 16.2 Å². The Kier molecular flexibility index (Phi) is 5.21. The van der Waals surface area contributed by atoms with Crippen molar-refractivity contribution in [3.05, 3.63) is 60.4 Å². The average Bonchev–Trinajstić information content (AvgIpc) is 3.42. The molecule has 4 aromatic rings. The highest BCUT2D eigenvalue weighted by Crippen LogP contribution is 2.33. The number of nitrogen functional groups attached to an aromatic ring is 1. The number of hydrogen-bond donors (Lipinski definition) is 2. The number of hydrogen-bond acceptors (Lipinski definition) is 6. The number of para-hydroxylation sites is 1. The first-order valence-electron chi connectivity index (χ1n) is 10.5. The Balaban J connectivity index is 1.57. The summed E-state index contributed by atoms with van der Waals surface area (Å²) in [6, 6.07) is 16.0. The number of anilines is 2. The number of aromatic nitrogens is 4. The van der Waals surface area contributed by atoms with Crippen molar-refractivity contribution in [1.29, 1.82) is 0 Å². The lowest BCUT2D eigenvalue weighted by Gasteiger charge is -2.15. The number of nitrogens with zero attached hydrogens (tertiary/aromatic N) is 5. The minimum atomic E-state index is -0.332. The Morgan fingerprint density at radius 2 is 1.81 bits per heavy atom. The molecule has 8 heteroatoms. The first-order valence-corrected chi connectivity index (χ1v) is 10.5. The quantitative estimate of drug-likeness (QED) is 0.498. The Morgan fingerprint density at radius 1 is 1.00 bits per heavy atom. The highest BCUT2D eigenvalue weighted by molar-refractivity contribution is 5.99. The Hall–Kier alpha value is -3.52. The molecule has 5 rings (SSSR count). The van der Waals surface area contributed by atoms with E-state index in [1.54, 1.807) is 10.7 Å². The minimum absolute atomic E-state index is 0.332. The van der Waals surface area contributed by atoms with Crippen LogP contribution < -0.4 is 11.1 Å². The summed E-state index contributed by atoms with van der Waals surface area (Å²) in [5, 5.41) is 8.55. The van der Waals surface area contributed by atoms with Gasteiger partial charge in [-0.25, -0.2) is 14.1 Å². The molecule has 0 radical (unpaired) electrons. The molecular formula is C23H24FN7. The monoisotopic (exact) mass is 417 g/mol. The number of halogens is 1. The maximum absolute atomic E-state index is 14.0. The lowest BCUT2D eigenvalue weighted by molar-refractivity contribution is 0.352. The molecule has 0 saturated carbocycles. The molecule has 2 aromatic heterocycles. The van der Waals surface area contributed by atoms with Gasteiger partial charge in [0.25, 0.3) is 0 Å². The predicted molar refractivity (Wildman–Crippen MR) is 121 cm³/mol. The molecule has 1 fully saturated rings. The van der Waals surface area contributed by atoms with Gasteiger partial charge in [0.05, 0.1) is 16.8 Å². The van der Waals surface area contributed by atoms with E-state index in [0.29, 0.717) is 34.1 Å². The summed E-state index contributed by atoms with van der Waals surface area (Å²) in [5.74, 6) is 0.551. The van der Waals surface area contributed by atoms with Crippen LogP contribution in [0.1, 0.15) is 12.8 Å². The molecule has 7 nitrogen and oxygen atoms in total. The normalized spacial score (nSPS) is 14.4. The van der Waals surface area contributed by atoms with Gasteiger partial charge in [-0.05, 0) is 50.2 Å². The van der Waals surface area contributed by atoms with E-state index in [2.05, 4.69) is 20.3 Å². The summed E-state index contributed by atoms with van der Waals surface area (Å²) in [4.78, 5) is 11.7. The number of rotatable bonds is 6. The molecule has 3 N–H and O–H groups in total.